The molecule has 0 atom stereocenters. The summed E-state index contributed by atoms with van der Waals surface area (Å²) in [7, 11) is 1.67. The topological polar surface area (TPSA) is 103 Å². The molecular weight excluding hydrogens is 400 g/mol. The summed E-state index contributed by atoms with van der Waals surface area (Å²) in [4.78, 5) is 25.5. The first kappa shape index (κ1) is 24.2. The van der Waals surface area contributed by atoms with E-state index in [1.165, 1.54) is 6.20 Å². The molecule has 164 valence electrons. The second-order valence-electron chi connectivity index (χ2n) is 6.85. The number of nitriles is 1. The molecule has 1 amide bonds. The molecule has 0 saturated carbocycles. The van der Waals surface area contributed by atoms with Gasteiger partial charge in [-0.05, 0) is 61.2 Å². The largest absolute Gasteiger partial charge is 0.324 e. The highest BCUT2D eigenvalue weighted by Gasteiger charge is 2.13. The predicted molar refractivity (Wildman–Crippen MR) is 129 cm³/mol. The molecular formula is C25H28N6O. The zero-order chi connectivity index (χ0) is 23.3. The molecule has 0 spiro atoms. The standard InChI is InChI=1S/C25H28N6O/c1-5-7-8-9-18(3)21(6-2)23(17-27-4)30-24(32)22-14-15-28-25(31-22)29-20-12-10-19(16-26)11-13-20/h7-15,17H,5-6H2,1-4H3,(H,30,32)(H,28,29,31)/b8-7-,18-9+,23-21-,27-17?. The van der Waals surface area contributed by atoms with E-state index in [9.17, 15) is 4.79 Å². The Bertz CT molecular complexity index is 1090. The lowest BCUT2D eigenvalue weighted by atomic mass is 10.0. The van der Waals surface area contributed by atoms with Crippen molar-refractivity contribution in [1.82, 2.24) is 15.3 Å². The highest BCUT2D eigenvalue weighted by Crippen LogP contribution is 2.18. The second-order valence-corrected chi connectivity index (χ2v) is 6.85. The van der Waals surface area contributed by atoms with E-state index in [1.54, 1.807) is 43.6 Å². The van der Waals surface area contributed by atoms with Gasteiger partial charge < -0.3 is 10.6 Å². The van der Waals surface area contributed by atoms with Gasteiger partial charge in [-0.2, -0.15) is 5.26 Å². The molecule has 32 heavy (non-hydrogen) atoms. The average molecular weight is 429 g/mol. The number of carbonyl (C=O) groups excluding carboxylic acids is 1. The molecule has 0 fully saturated rings. The molecule has 2 aromatic rings. The molecule has 1 aromatic heterocycles. The van der Waals surface area contributed by atoms with Gasteiger partial charge >= 0.3 is 0 Å². The fourth-order valence-electron chi connectivity index (χ4n) is 2.93. The van der Waals surface area contributed by atoms with Crippen LogP contribution in [0.15, 0.2) is 76.6 Å². The molecule has 0 bridgehead atoms. The molecule has 2 rings (SSSR count). The van der Waals surface area contributed by atoms with Gasteiger partial charge in [0.1, 0.15) is 5.69 Å². The monoisotopic (exact) mass is 428 g/mol. The van der Waals surface area contributed by atoms with Crippen LogP contribution in [0.25, 0.3) is 0 Å². The van der Waals surface area contributed by atoms with E-state index in [0.717, 1.165) is 29.7 Å². The van der Waals surface area contributed by atoms with Gasteiger partial charge in [-0.1, -0.05) is 32.1 Å². The van der Waals surface area contributed by atoms with Crippen molar-refractivity contribution in [2.24, 2.45) is 4.99 Å². The van der Waals surface area contributed by atoms with Crippen molar-refractivity contribution in [2.45, 2.75) is 33.6 Å². The third kappa shape index (κ3) is 7.03. The number of rotatable bonds is 9. The van der Waals surface area contributed by atoms with Crippen LogP contribution in [-0.2, 0) is 0 Å². The molecule has 1 heterocycles. The number of aliphatic imine (C=N–C) groups is 1. The maximum Gasteiger partial charge on any atom is 0.274 e. The minimum Gasteiger partial charge on any atom is -0.324 e. The Balaban J connectivity index is 2.26. The Kier molecular flexibility index (Phi) is 9.54. The molecule has 1 aromatic carbocycles. The summed E-state index contributed by atoms with van der Waals surface area (Å²) in [5.74, 6) is -0.0680. The molecule has 0 aliphatic carbocycles. The van der Waals surface area contributed by atoms with Crippen LogP contribution in [0.1, 0.15) is 49.7 Å². The Morgan fingerprint density at radius 3 is 2.59 bits per heavy atom. The zero-order valence-corrected chi connectivity index (χ0v) is 18.9. The number of nitrogens with zero attached hydrogens (tertiary/aromatic N) is 4. The first-order valence-electron chi connectivity index (χ1n) is 10.4. The normalized spacial score (nSPS) is 12.5. The van der Waals surface area contributed by atoms with E-state index < -0.39 is 0 Å². The third-order valence-electron chi connectivity index (χ3n) is 4.54. The number of nitrogens with one attached hydrogen (secondary N) is 2. The number of benzene rings is 1. The van der Waals surface area contributed by atoms with Gasteiger partial charge in [-0.25, -0.2) is 9.97 Å². The molecule has 0 saturated heterocycles. The summed E-state index contributed by atoms with van der Waals surface area (Å²) in [5.41, 5.74) is 4.19. The molecule has 7 heteroatoms. The summed E-state index contributed by atoms with van der Waals surface area (Å²) in [5, 5.41) is 14.9. The van der Waals surface area contributed by atoms with Crippen molar-refractivity contribution >= 4 is 23.8 Å². The number of aromatic nitrogens is 2. The first-order chi connectivity index (χ1) is 15.5. The van der Waals surface area contributed by atoms with Crippen molar-refractivity contribution in [3.8, 4) is 6.07 Å². The number of carbonyl (C=O) groups is 1. The van der Waals surface area contributed by atoms with Gasteiger partial charge in [0.2, 0.25) is 5.95 Å². The molecule has 0 aliphatic rings. The highest BCUT2D eigenvalue weighted by molar-refractivity contribution is 5.98. The minimum atomic E-state index is -0.354. The zero-order valence-electron chi connectivity index (χ0n) is 18.9. The van der Waals surface area contributed by atoms with Crippen molar-refractivity contribution in [3.63, 3.8) is 0 Å². The SMILES string of the molecule is CC\C=C/C=C(C)/C(CC)=C(/C=NC)NC(=O)c1ccnc(Nc2ccc(C#N)cc2)n1. The lowest BCUT2D eigenvalue weighted by molar-refractivity contribution is 0.0963. The Morgan fingerprint density at radius 1 is 1.22 bits per heavy atom. The maximum atomic E-state index is 12.9. The van der Waals surface area contributed by atoms with E-state index in [0.29, 0.717) is 11.3 Å². The predicted octanol–water partition coefficient (Wildman–Crippen LogP) is 5.10. The molecule has 0 unspecified atom stereocenters. The van der Waals surface area contributed by atoms with E-state index in [2.05, 4.69) is 44.7 Å². The van der Waals surface area contributed by atoms with Gasteiger partial charge in [0.05, 0.1) is 17.3 Å². The number of hydrogen-bond donors (Lipinski definition) is 2. The molecule has 7 nitrogen and oxygen atoms in total. The number of allylic oxidation sites excluding steroid dienone is 6. The Hall–Kier alpha value is -4.05. The summed E-state index contributed by atoms with van der Waals surface area (Å²) < 4.78 is 0. The van der Waals surface area contributed by atoms with Gasteiger partial charge in [-0.3, -0.25) is 9.79 Å². The van der Waals surface area contributed by atoms with Crippen LogP contribution in [-0.4, -0.2) is 29.1 Å². The summed E-state index contributed by atoms with van der Waals surface area (Å²) in [6.07, 6.45) is 11.0. The quantitative estimate of drug-likeness (QED) is 0.427. The molecule has 2 N–H and O–H groups in total. The van der Waals surface area contributed by atoms with Crippen LogP contribution in [0.5, 0.6) is 0 Å². The lowest BCUT2D eigenvalue weighted by Crippen LogP contribution is -2.26. The second kappa shape index (κ2) is 12.6. The van der Waals surface area contributed by atoms with E-state index in [4.69, 9.17) is 5.26 Å². The van der Waals surface area contributed by atoms with Crippen LogP contribution in [0.4, 0.5) is 11.6 Å². The lowest BCUT2D eigenvalue weighted by Gasteiger charge is -2.13. The summed E-state index contributed by atoms with van der Waals surface area (Å²) in [6, 6.07) is 10.5. The van der Waals surface area contributed by atoms with Crippen LogP contribution >= 0.6 is 0 Å². The van der Waals surface area contributed by atoms with E-state index in [1.807, 2.05) is 26.0 Å². The van der Waals surface area contributed by atoms with Crippen LogP contribution in [0, 0.1) is 11.3 Å². The van der Waals surface area contributed by atoms with Crippen LogP contribution < -0.4 is 10.6 Å². The number of anilines is 2. The van der Waals surface area contributed by atoms with Crippen LogP contribution in [0.3, 0.4) is 0 Å². The van der Waals surface area contributed by atoms with E-state index >= 15 is 0 Å². The maximum absolute atomic E-state index is 12.9. The Morgan fingerprint density at radius 2 is 1.97 bits per heavy atom. The van der Waals surface area contributed by atoms with Crippen molar-refractivity contribution < 1.29 is 4.79 Å². The minimum absolute atomic E-state index is 0.223. The van der Waals surface area contributed by atoms with Crippen molar-refractivity contribution in [1.29, 1.82) is 5.26 Å². The fraction of sp³-hybridized carbons (Fsp3) is 0.240. The van der Waals surface area contributed by atoms with Crippen molar-refractivity contribution in [3.05, 3.63) is 82.9 Å². The van der Waals surface area contributed by atoms with Crippen molar-refractivity contribution in [2.75, 3.05) is 12.4 Å². The van der Waals surface area contributed by atoms with Gasteiger partial charge in [0.15, 0.2) is 0 Å². The molecule has 0 aliphatic heterocycles. The highest BCUT2D eigenvalue weighted by atomic mass is 16.1. The average Bonchev–Trinajstić information content (AvgIpc) is 2.80. The smallest absolute Gasteiger partial charge is 0.274 e. The summed E-state index contributed by atoms with van der Waals surface area (Å²) in [6.45, 7) is 6.13. The summed E-state index contributed by atoms with van der Waals surface area (Å²) >= 11 is 0. The van der Waals surface area contributed by atoms with E-state index in [-0.39, 0.29) is 17.5 Å². The van der Waals surface area contributed by atoms with Crippen LogP contribution in [0.2, 0.25) is 0 Å². The number of hydrogen-bond acceptors (Lipinski definition) is 6. The van der Waals surface area contributed by atoms with Gasteiger partial charge in [0, 0.05) is 25.1 Å². The Labute approximate surface area is 189 Å². The molecule has 0 radical (unpaired) electrons. The fourth-order valence-corrected chi connectivity index (χ4v) is 2.93. The van der Waals surface area contributed by atoms with Gasteiger partial charge in [0.25, 0.3) is 5.91 Å². The number of amides is 1. The van der Waals surface area contributed by atoms with Gasteiger partial charge in [-0.15, -0.1) is 0 Å². The third-order valence-corrected chi connectivity index (χ3v) is 4.54. The first-order valence-corrected chi connectivity index (χ1v) is 10.4.